The molecule has 0 aliphatic rings. The van der Waals surface area contributed by atoms with Crippen LogP contribution in [0.1, 0.15) is 13.8 Å². The maximum absolute atomic E-state index is 5.66. The van der Waals surface area contributed by atoms with Gasteiger partial charge in [-0.25, -0.2) is 9.97 Å². The van der Waals surface area contributed by atoms with E-state index in [1.165, 1.54) is 0 Å². The lowest BCUT2D eigenvalue weighted by Gasteiger charge is -2.22. The van der Waals surface area contributed by atoms with Gasteiger partial charge in [-0.2, -0.15) is 11.8 Å². The Morgan fingerprint density at radius 2 is 2.29 bits per heavy atom. The Bertz CT molecular complexity index is 304. The molecule has 0 radical (unpaired) electrons. The van der Waals surface area contributed by atoms with Gasteiger partial charge in [0.15, 0.2) is 0 Å². The molecule has 78 valence electrons. The molecule has 0 bridgehead atoms. The molecule has 5 heteroatoms. The van der Waals surface area contributed by atoms with E-state index in [1.807, 2.05) is 17.8 Å². The molecule has 0 fully saturated rings. The molecule has 0 saturated carbocycles. The maximum Gasteiger partial charge on any atom is 0.224 e. The summed E-state index contributed by atoms with van der Waals surface area (Å²) in [7, 11) is 0. The molecule has 3 nitrogen and oxygen atoms in total. The number of hydrogen-bond donors (Lipinski definition) is 1. The van der Waals surface area contributed by atoms with Crippen LogP contribution in [0.25, 0.3) is 0 Å². The lowest BCUT2D eigenvalue weighted by atomic mass is 10.2. The highest BCUT2D eigenvalue weighted by Crippen LogP contribution is 2.21. The summed E-state index contributed by atoms with van der Waals surface area (Å²) >= 11 is 7.47. The van der Waals surface area contributed by atoms with Crippen LogP contribution in [-0.4, -0.2) is 27.5 Å². The smallest absolute Gasteiger partial charge is 0.224 e. The quantitative estimate of drug-likeness (QED) is 0.809. The number of thioether (sulfide) groups is 1. The molecule has 1 N–H and O–H groups in total. The second-order valence-electron chi connectivity index (χ2n) is 3.53. The normalized spacial score (nSPS) is 11.4. The van der Waals surface area contributed by atoms with Crippen LogP contribution >= 0.6 is 23.4 Å². The first kappa shape index (κ1) is 11.6. The molecule has 14 heavy (non-hydrogen) atoms. The third kappa shape index (κ3) is 3.72. The highest BCUT2D eigenvalue weighted by atomic mass is 35.5. The second kappa shape index (κ2) is 4.84. The predicted molar refractivity (Wildman–Crippen MR) is 63.1 cm³/mol. The Morgan fingerprint density at radius 1 is 1.57 bits per heavy atom. The molecule has 0 aliphatic heterocycles. The second-order valence-corrected chi connectivity index (χ2v) is 5.38. The minimum atomic E-state index is 0.192. The first-order chi connectivity index (χ1) is 6.53. The van der Waals surface area contributed by atoms with Crippen LogP contribution < -0.4 is 5.32 Å². The number of aromatic nitrogens is 2. The molecular formula is C9H14ClN3S. The third-order valence-electron chi connectivity index (χ3n) is 1.87. The zero-order valence-electron chi connectivity index (χ0n) is 8.54. The Morgan fingerprint density at radius 3 is 2.86 bits per heavy atom. The molecule has 1 aromatic heterocycles. The average Bonchev–Trinajstić information content (AvgIpc) is 2.15. The van der Waals surface area contributed by atoms with Gasteiger partial charge in [0.1, 0.15) is 5.82 Å². The molecular weight excluding hydrogens is 218 g/mol. The molecule has 0 spiro atoms. The first-order valence-electron chi connectivity index (χ1n) is 4.31. The van der Waals surface area contributed by atoms with Crippen molar-refractivity contribution in [1.82, 2.24) is 9.97 Å². The summed E-state index contributed by atoms with van der Waals surface area (Å²) in [6.07, 6.45) is 3.73. The van der Waals surface area contributed by atoms with E-state index in [9.17, 15) is 0 Å². The van der Waals surface area contributed by atoms with E-state index in [0.717, 1.165) is 12.4 Å². The molecule has 0 amide bonds. The molecule has 0 aliphatic carbocycles. The number of anilines is 1. The van der Waals surface area contributed by atoms with Crippen molar-refractivity contribution in [1.29, 1.82) is 0 Å². The van der Waals surface area contributed by atoms with E-state index in [4.69, 9.17) is 11.6 Å². The summed E-state index contributed by atoms with van der Waals surface area (Å²) < 4.78 is 0.192. The molecule has 1 rings (SSSR count). The molecule has 0 aromatic carbocycles. The highest BCUT2D eigenvalue weighted by Gasteiger charge is 2.15. The average molecular weight is 232 g/mol. The van der Waals surface area contributed by atoms with Crippen molar-refractivity contribution < 1.29 is 0 Å². The standard InChI is InChI=1S/C9H14ClN3S/c1-9(2,14-3)6-12-7-4-5-11-8(10)13-7/h4-5H,6H2,1-3H3,(H,11,12,13). The fourth-order valence-corrected chi connectivity index (χ4v) is 1.17. The van der Waals surface area contributed by atoms with Crippen molar-refractivity contribution in [3.8, 4) is 0 Å². The topological polar surface area (TPSA) is 37.8 Å². The largest absolute Gasteiger partial charge is 0.369 e. The van der Waals surface area contributed by atoms with Crippen LogP contribution in [0, 0.1) is 0 Å². The van der Waals surface area contributed by atoms with Crippen LogP contribution in [-0.2, 0) is 0 Å². The van der Waals surface area contributed by atoms with E-state index < -0.39 is 0 Å². The lowest BCUT2D eigenvalue weighted by molar-refractivity contribution is 0.750. The van der Waals surface area contributed by atoms with E-state index >= 15 is 0 Å². The van der Waals surface area contributed by atoms with Crippen molar-refractivity contribution >= 4 is 29.2 Å². The van der Waals surface area contributed by atoms with Crippen molar-refractivity contribution in [3.05, 3.63) is 17.5 Å². The van der Waals surface area contributed by atoms with Crippen LogP contribution in [0.5, 0.6) is 0 Å². The zero-order valence-corrected chi connectivity index (χ0v) is 10.1. The SMILES string of the molecule is CSC(C)(C)CNc1ccnc(Cl)n1. The fourth-order valence-electron chi connectivity index (χ4n) is 0.809. The minimum absolute atomic E-state index is 0.192. The van der Waals surface area contributed by atoms with Crippen molar-refractivity contribution in [3.63, 3.8) is 0 Å². The monoisotopic (exact) mass is 231 g/mol. The van der Waals surface area contributed by atoms with E-state index in [2.05, 4.69) is 35.4 Å². The maximum atomic E-state index is 5.66. The Labute approximate surface area is 93.7 Å². The third-order valence-corrected chi connectivity index (χ3v) is 3.31. The molecule has 0 atom stereocenters. The highest BCUT2D eigenvalue weighted by molar-refractivity contribution is 7.99. The molecule has 1 heterocycles. The molecule has 0 saturated heterocycles. The lowest BCUT2D eigenvalue weighted by Crippen LogP contribution is -2.26. The van der Waals surface area contributed by atoms with Gasteiger partial charge in [0, 0.05) is 17.5 Å². The summed E-state index contributed by atoms with van der Waals surface area (Å²) in [6, 6.07) is 1.81. The van der Waals surface area contributed by atoms with Gasteiger partial charge in [-0.05, 0) is 37.8 Å². The van der Waals surface area contributed by atoms with Gasteiger partial charge < -0.3 is 5.32 Å². The number of nitrogens with zero attached hydrogens (tertiary/aromatic N) is 2. The number of nitrogens with one attached hydrogen (secondary N) is 1. The predicted octanol–water partition coefficient (Wildman–Crippen LogP) is 2.68. The van der Waals surface area contributed by atoms with Gasteiger partial charge in [0.2, 0.25) is 5.28 Å². The fraction of sp³-hybridized carbons (Fsp3) is 0.556. The van der Waals surface area contributed by atoms with E-state index in [-0.39, 0.29) is 10.0 Å². The van der Waals surface area contributed by atoms with Crippen molar-refractivity contribution in [2.24, 2.45) is 0 Å². The van der Waals surface area contributed by atoms with Crippen LogP contribution in [0.2, 0.25) is 5.28 Å². The van der Waals surface area contributed by atoms with Crippen molar-refractivity contribution in [2.75, 3.05) is 18.1 Å². The summed E-state index contributed by atoms with van der Waals surface area (Å²) in [5.41, 5.74) is 0. The van der Waals surface area contributed by atoms with E-state index in [0.29, 0.717) is 0 Å². The van der Waals surface area contributed by atoms with E-state index in [1.54, 1.807) is 6.20 Å². The summed E-state index contributed by atoms with van der Waals surface area (Å²) in [5.74, 6) is 0.770. The Balaban J connectivity index is 2.54. The summed E-state index contributed by atoms with van der Waals surface area (Å²) in [6.45, 7) is 5.20. The Kier molecular flexibility index (Phi) is 4.01. The van der Waals surface area contributed by atoms with Gasteiger partial charge in [-0.3, -0.25) is 0 Å². The minimum Gasteiger partial charge on any atom is -0.369 e. The van der Waals surface area contributed by atoms with Crippen molar-refractivity contribution in [2.45, 2.75) is 18.6 Å². The van der Waals surface area contributed by atoms with Gasteiger partial charge in [0.05, 0.1) is 0 Å². The van der Waals surface area contributed by atoms with Gasteiger partial charge in [-0.15, -0.1) is 0 Å². The first-order valence-corrected chi connectivity index (χ1v) is 5.91. The zero-order chi connectivity index (χ0) is 10.6. The van der Waals surface area contributed by atoms with Gasteiger partial charge in [-0.1, -0.05) is 0 Å². The number of rotatable bonds is 4. The summed E-state index contributed by atoms with van der Waals surface area (Å²) in [4.78, 5) is 7.86. The Hall–Kier alpha value is -0.480. The molecule has 0 unspecified atom stereocenters. The number of halogens is 1. The van der Waals surface area contributed by atoms with Gasteiger partial charge >= 0.3 is 0 Å². The molecule has 1 aromatic rings. The number of hydrogen-bond acceptors (Lipinski definition) is 4. The van der Waals surface area contributed by atoms with Crippen LogP contribution in [0.15, 0.2) is 12.3 Å². The van der Waals surface area contributed by atoms with Crippen LogP contribution in [0.3, 0.4) is 0 Å². The summed E-state index contributed by atoms with van der Waals surface area (Å²) in [5, 5.41) is 3.50. The van der Waals surface area contributed by atoms with Gasteiger partial charge in [0.25, 0.3) is 0 Å². The van der Waals surface area contributed by atoms with Crippen LogP contribution in [0.4, 0.5) is 5.82 Å².